The summed E-state index contributed by atoms with van der Waals surface area (Å²) in [6, 6.07) is 6.79. The zero-order valence-corrected chi connectivity index (χ0v) is 13.4. The van der Waals surface area contributed by atoms with Crippen molar-refractivity contribution in [3.8, 4) is 0 Å². The van der Waals surface area contributed by atoms with E-state index in [0.717, 1.165) is 18.8 Å². The van der Waals surface area contributed by atoms with E-state index in [2.05, 4.69) is 47.4 Å². The van der Waals surface area contributed by atoms with Crippen molar-refractivity contribution in [3.05, 3.63) is 40.6 Å². The number of nitrogens with zero attached hydrogens (tertiary/aromatic N) is 3. The van der Waals surface area contributed by atoms with Gasteiger partial charge in [0.15, 0.2) is 0 Å². The van der Waals surface area contributed by atoms with Crippen LogP contribution in [0.4, 0.5) is 11.5 Å². The van der Waals surface area contributed by atoms with Crippen molar-refractivity contribution in [2.45, 2.75) is 33.2 Å². The molecule has 21 heavy (non-hydrogen) atoms. The van der Waals surface area contributed by atoms with E-state index >= 15 is 0 Å². The van der Waals surface area contributed by atoms with Crippen LogP contribution < -0.4 is 10.2 Å². The van der Waals surface area contributed by atoms with Gasteiger partial charge in [0.25, 0.3) is 0 Å². The van der Waals surface area contributed by atoms with E-state index in [-0.39, 0.29) is 0 Å². The first-order valence-corrected chi connectivity index (χ1v) is 7.66. The third-order valence-corrected chi connectivity index (χ3v) is 4.28. The Hall–Kier alpha value is -1.81. The Kier molecular flexibility index (Phi) is 3.72. The van der Waals surface area contributed by atoms with Crippen LogP contribution in [-0.4, -0.2) is 23.4 Å². The van der Waals surface area contributed by atoms with Crippen LogP contribution in [0.15, 0.2) is 18.2 Å². The topological polar surface area (TPSA) is 33.1 Å². The van der Waals surface area contributed by atoms with Gasteiger partial charge in [0, 0.05) is 31.4 Å². The molecule has 0 unspecified atom stereocenters. The van der Waals surface area contributed by atoms with Crippen molar-refractivity contribution in [2.24, 2.45) is 7.05 Å². The van der Waals surface area contributed by atoms with Crippen LogP contribution in [0.2, 0.25) is 0 Å². The minimum atomic E-state index is 0.854. The van der Waals surface area contributed by atoms with Crippen LogP contribution in [0.3, 0.4) is 0 Å². The average Bonchev–Trinajstić information content (AvgIpc) is 2.73. The molecule has 0 aliphatic carbocycles. The van der Waals surface area contributed by atoms with E-state index in [4.69, 9.17) is 0 Å². The van der Waals surface area contributed by atoms with E-state index in [1.165, 1.54) is 41.0 Å². The molecule has 0 radical (unpaired) electrons. The lowest BCUT2D eigenvalue weighted by molar-refractivity contribution is 0.699. The predicted octanol–water partition coefficient (Wildman–Crippen LogP) is 2.84. The molecule has 1 aromatic carbocycles. The molecule has 2 heterocycles. The van der Waals surface area contributed by atoms with Gasteiger partial charge in [-0.25, -0.2) is 0 Å². The highest BCUT2D eigenvalue weighted by atomic mass is 15.4. The van der Waals surface area contributed by atoms with Gasteiger partial charge in [-0.3, -0.25) is 4.68 Å². The van der Waals surface area contributed by atoms with Crippen molar-refractivity contribution in [1.29, 1.82) is 0 Å². The summed E-state index contributed by atoms with van der Waals surface area (Å²) in [5.74, 6) is 1.23. The van der Waals surface area contributed by atoms with E-state index in [0.29, 0.717) is 0 Å². The van der Waals surface area contributed by atoms with Gasteiger partial charge in [-0.15, -0.1) is 0 Å². The second-order valence-electron chi connectivity index (χ2n) is 5.93. The Morgan fingerprint density at radius 3 is 2.86 bits per heavy atom. The molecule has 1 aliphatic rings. The summed E-state index contributed by atoms with van der Waals surface area (Å²) in [5.41, 5.74) is 6.55. The largest absolute Gasteiger partial charge is 0.326 e. The van der Waals surface area contributed by atoms with Gasteiger partial charge < -0.3 is 10.2 Å². The number of fused-ring (bicyclic) bond motifs is 1. The molecule has 0 fully saturated rings. The standard InChI is InChI=1S/C17H24N4/c1-12-7-8-16-14(10-12)6-5-9-21(16)17-15(11-18-3)13(2)19-20(17)4/h7-8,10,18H,5-6,9,11H2,1-4H3. The maximum absolute atomic E-state index is 4.63. The Bertz CT molecular complexity index is 657. The summed E-state index contributed by atoms with van der Waals surface area (Å²) in [7, 11) is 4.04. The zero-order chi connectivity index (χ0) is 15.0. The molecule has 0 bridgehead atoms. The van der Waals surface area contributed by atoms with E-state index < -0.39 is 0 Å². The van der Waals surface area contributed by atoms with Crippen LogP contribution >= 0.6 is 0 Å². The molecule has 1 N–H and O–H groups in total. The molecule has 0 saturated heterocycles. The predicted molar refractivity (Wildman–Crippen MR) is 87.2 cm³/mol. The first-order valence-electron chi connectivity index (χ1n) is 7.66. The summed E-state index contributed by atoms with van der Waals surface area (Å²) < 4.78 is 2.02. The van der Waals surface area contributed by atoms with Crippen molar-refractivity contribution < 1.29 is 0 Å². The molecule has 0 amide bonds. The van der Waals surface area contributed by atoms with Gasteiger partial charge >= 0.3 is 0 Å². The van der Waals surface area contributed by atoms with Crippen molar-refractivity contribution in [1.82, 2.24) is 15.1 Å². The first kappa shape index (κ1) is 14.1. The van der Waals surface area contributed by atoms with Crippen LogP contribution in [0.25, 0.3) is 0 Å². The minimum Gasteiger partial charge on any atom is -0.326 e. The highest BCUT2D eigenvalue weighted by Crippen LogP contribution is 2.36. The fourth-order valence-corrected chi connectivity index (χ4v) is 3.36. The van der Waals surface area contributed by atoms with Crippen molar-refractivity contribution >= 4 is 11.5 Å². The number of anilines is 2. The molecule has 1 aromatic heterocycles. The summed E-state index contributed by atoms with van der Waals surface area (Å²) in [5, 5.41) is 7.90. The Morgan fingerprint density at radius 2 is 2.10 bits per heavy atom. The lowest BCUT2D eigenvalue weighted by Crippen LogP contribution is -2.27. The Morgan fingerprint density at radius 1 is 1.29 bits per heavy atom. The van der Waals surface area contributed by atoms with Crippen molar-refractivity contribution in [2.75, 3.05) is 18.5 Å². The van der Waals surface area contributed by atoms with Gasteiger partial charge in [-0.05, 0) is 45.4 Å². The lowest BCUT2D eigenvalue weighted by Gasteiger charge is -2.32. The highest BCUT2D eigenvalue weighted by molar-refractivity contribution is 5.69. The monoisotopic (exact) mass is 284 g/mol. The quantitative estimate of drug-likeness (QED) is 0.941. The van der Waals surface area contributed by atoms with Crippen LogP contribution in [0.1, 0.15) is 28.8 Å². The molecule has 112 valence electrons. The fourth-order valence-electron chi connectivity index (χ4n) is 3.36. The van der Waals surface area contributed by atoms with Crippen LogP contribution in [0.5, 0.6) is 0 Å². The second kappa shape index (κ2) is 5.53. The van der Waals surface area contributed by atoms with Gasteiger partial charge in [-0.1, -0.05) is 17.7 Å². The van der Waals surface area contributed by atoms with Crippen LogP contribution in [0, 0.1) is 13.8 Å². The number of aryl methyl sites for hydroxylation is 4. The number of benzene rings is 1. The zero-order valence-electron chi connectivity index (χ0n) is 13.4. The average molecular weight is 284 g/mol. The third kappa shape index (κ3) is 2.44. The van der Waals surface area contributed by atoms with Crippen LogP contribution in [-0.2, 0) is 20.0 Å². The van der Waals surface area contributed by atoms with E-state index in [1.54, 1.807) is 0 Å². The highest BCUT2D eigenvalue weighted by Gasteiger charge is 2.24. The van der Waals surface area contributed by atoms with Gasteiger partial charge in [0.1, 0.15) is 5.82 Å². The third-order valence-electron chi connectivity index (χ3n) is 4.28. The number of rotatable bonds is 3. The summed E-state index contributed by atoms with van der Waals surface area (Å²) >= 11 is 0. The number of nitrogens with one attached hydrogen (secondary N) is 1. The van der Waals surface area contributed by atoms with Gasteiger partial charge in [0.05, 0.1) is 5.69 Å². The molecular formula is C17H24N4. The molecule has 4 nitrogen and oxygen atoms in total. The Labute approximate surface area is 126 Å². The molecule has 3 rings (SSSR count). The van der Waals surface area contributed by atoms with Crippen molar-refractivity contribution in [3.63, 3.8) is 0 Å². The summed E-state index contributed by atoms with van der Waals surface area (Å²) in [6.45, 7) is 6.18. The van der Waals surface area contributed by atoms with E-state index in [1.807, 2.05) is 18.8 Å². The molecule has 0 atom stereocenters. The first-order chi connectivity index (χ1) is 10.1. The number of hydrogen-bond acceptors (Lipinski definition) is 3. The molecule has 0 spiro atoms. The molecule has 2 aromatic rings. The molecule has 4 heteroatoms. The smallest absolute Gasteiger partial charge is 0.135 e. The normalized spacial score (nSPS) is 14.4. The molecule has 1 aliphatic heterocycles. The summed E-state index contributed by atoms with van der Waals surface area (Å²) in [6.07, 6.45) is 2.37. The Balaban J connectivity index is 2.11. The molecule has 0 saturated carbocycles. The van der Waals surface area contributed by atoms with Gasteiger partial charge in [0.2, 0.25) is 0 Å². The maximum atomic E-state index is 4.63. The summed E-state index contributed by atoms with van der Waals surface area (Å²) in [4.78, 5) is 2.44. The SMILES string of the molecule is CNCc1c(C)nn(C)c1N1CCCc2cc(C)ccc21. The van der Waals surface area contributed by atoms with Gasteiger partial charge in [-0.2, -0.15) is 5.10 Å². The number of hydrogen-bond donors (Lipinski definition) is 1. The number of aromatic nitrogens is 2. The van der Waals surface area contributed by atoms with E-state index in [9.17, 15) is 0 Å². The molecular weight excluding hydrogens is 260 g/mol. The lowest BCUT2D eigenvalue weighted by atomic mass is 9.99. The fraction of sp³-hybridized carbons (Fsp3) is 0.471. The minimum absolute atomic E-state index is 0.854. The maximum Gasteiger partial charge on any atom is 0.135 e. The second-order valence-corrected chi connectivity index (χ2v) is 5.93.